The van der Waals surface area contributed by atoms with E-state index in [9.17, 15) is 13.6 Å². The molecule has 30 heavy (non-hydrogen) atoms. The van der Waals surface area contributed by atoms with Crippen molar-refractivity contribution in [1.29, 1.82) is 0 Å². The van der Waals surface area contributed by atoms with Gasteiger partial charge < -0.3 is 5.32 Å². The third-order valence-corrected chi connectivity index (χ3v) is 4.36. The predicted octanol–water partition coefficient (Wildman–Crippen LogP) is 2.98. The molecule has 1 N–H and O–H groups in total. The Morgan fingerprint density at radius 1 is 1.00 bits per heavy atom. The number of para-hydroxylation sites is 1. The van der Waals surface area contributed by atoms with Gasteiger partial charge in [-0.15, -0.1) is 0 Å². The highest BCUT2D eigenvalue weighted by Gasteiger charge is 2.13. The predicted molar refractivity (Wildman–Crippen MR) is 105 cm³/mol. The Kier molecular flexibility index (Phi) is 5.51. The van der Waals surface area contributed by atoms with E-state index in [4.69, 9.17) is 0 Å². The molecule has 4 aromatic rings. The summed E-state index contributed by atoms with van der Waals surface area (Å²) in [5, 5.41) is 10.9. The molecule has 0 aliphatic carbocycles. The standard InChI is InChI=1S/C21H16F2N6O/c22-15-5-6-16(18(23)11-15)14-12-25-20(26-13-14)7-8-24-21(30)17-3-1-2-4-19(17)29-27-9-10-28-29/h1-6,9-13H,7-8H2,(H,24,30). The van der Waals surface area contributed by atoms with Gasteiger partial charge in [-0.3, -0.25) is 4.79 Å². The molecule has 2 aromatic heterocycles. The highest BCUT2D eigenvalue weighted by atomic mass is 19.1. The molecular weight excluding hydrogens is 390 g/mol. The first-order valence-electron chi connectivity index (χ1n) is 9.12. The number of carbonyl (C=O) groups excluding carboxylic acids is 1. The summed E-state index contributed by atoms with van der Waals surface area (Å²) < 4.78 is 26.9. The summed E-state index contributed by atoms with van der Waals surface area (Å²) in [6, 6.07) is 10.3. The van der Waals surface area contributed by atoms with Crippen molar-refractivity contribution in [3.05, 3.63) is 90.3 Å². The monoisotopic (exact) mass is 406 g/mol. The summed E-state index contributed by atoms with van der Waals surface area (Å²) in [6.45, 7) is 0.309. The molecule has 0 saturated carbocycles. The van der Waals surface area contributed by atoms with E-state index in [0.29, 0.717) is 35.6 Å². The molecule has 7 nitrogen and oxygen atoms in total. The van der Waals surface area contributed by atoms with Gasteiger partial charge in [-0.1, -0.05) is 12.1 Å². The van der Waals surface area contributed by atoms with Crippen LogP contribution in [0.5, 0.6) is 0 Å². The lowest BCUT2D eigenvalue weighted by Crippen LogP contribution is -2.27. The second kappa shape index (κ2) is 8.56. The zero-order chi connectivity index (χ0) is 20.9. The fourth-order valence-electron chi connectivity index (χ4n) is 2.91. The zero-order valence-corrected chi connectivity index (χ0v) is 15.7. The van der Waals surface area contributed by atoms with Crippen molar-refractivity contribution in [3.8, 4) is 16.8 Å². The Hall–Kier alpha value is -4.01. The van der Waals surface area contributed by atoms with Crippen LogP contribution in [0.15, 0.2) is 67.3 Å². The number of amides is 1. The number of aromatic nitrogens is 5. The maximum atomic E-state index is 13.9. The number of hydrogen-bond acceptors (Lipinski definition) is 5. The quantitative estimate of drug-likeness (QED) is 0.532. The molecule has 150 valence electrons. The lowest BCUT2D eigenvalue weighted by molar-refractivity contribution is 0.0953. The Morgan fingerprint density at radius 2 is 1.73 bits per heavy atom. The normalized spacial score (nSPS) is 10.7. The van der Waals surface area contributed by atoms with Crippen LogP contribution >= 0.6 is 0 Å². The van der Waals surface area contributed by atoms with Gasteiger partial charge in [0.1, 0.15) is 17.5 Å². The summed E-state index contributed by atoms with van der Waals surface area (Å²) in [6.07, 6.45) is 6.40. The van der Waals surface area contributed by atoms with E-state index in [1.165, 1.54) is 41.7 Å². The smallest absolute Gasteiger partial charge is 0.253 e. The first kappa shape index (κ1) is 19.3. The molecule has 2 aromatic carbocycles. The second-order valence-electron chi connectivity index (χ2n) is 6.35. The summed E-state index contributed by atoms with van der Waals surface area (Å²) >= 11 is 0. The molecular formula is C21H16F2N6O. The van der Waals surface area contributed by atoms with Crippen molar-refractivity contribution in [2.75, 3.05) is 6.54 Å². The summed E-state index contributed by atoms with van der Waals surface area (Å²) in [4.78, 5) is 22.3. The van der Waals surface area contributed by atoms with Gasteiger partial charge in [0.15, 0.2) is 0 Å². The van der Waals surface area contributed by atoms with E-state index in [1.807, 2.05) is 0 Å². The van der Waals surface area contributed by atoms with E-state index >= 15 is 0 Å². The van der Waals surface area contributed by atoms with E-state index in [-0.39, 0.29) is 11.5 Å². The molecule has 0 radical (unpaired) electrons. The van der Waals surface area contributed by atoms with Crippen LogP contribution in [-0.2, 0) is 6.42 Å². The maximum Gasteiger partial charge on any atom is 0.253 e. The first-order valence-corrected chi connectivity index (χ1v) is 9.12. The fourth-order valence-corrected chi connectivity index (χ4v) is 2.91. The van der Waals surface area contributed by atoms with Crippen LogP contribution in [0.3, 0.4) is 0 Å². The summed E-state index contributed by atoms with van der Waals surface area (Å²) in [5.74, 6) is -1.10. The maximum absolute atomic E-state index is 13.9. The van der Waals surface area contributed by atoms with Crippen LogP contribution in [0.2, 0.25) is 0 Å². The SMILES string of the molecule is O=C(NCCc1ncc(-c2ccc(F)cc2F)cn1)c1ccccc1-n1nccn1. The number of nitrogens with one attached hydrogen (secondary N) is 1. The van der Waals surface area contributed by atoms with Gasteiger partial charge in [-0.05, 0) is 24.3 Å². The van der Waals surface area contributed by atoms with Crippen LogP contribution < -0.4 is 5.32 Å². The topological polar surface area (TPSA) is 85.6 Å². The van der Waals surface area contributed by atoms with Crippen molar-refractivity contribution in [3.63, 3.8) is 0 Å². The second-order valence-corrected chi connectivity index (χ2v) is 6.35. The van der Waals surface area contributed by atoms with Crippen molar-refractivity contribution < 1.29 is 13.6 Å². The molecule has 0 unspecified atom stereocenters. The molecule has 0 spiro atoms. The number of halogens is 2. The highest BCUT2D eigenvalue weighted by molar-refractivity contribution is 5.97. The zero-order valence-electron chi connectivity index (χ0n) is 15.7. The Bertz CT molecular complexity index is 1160. The van der Waals surface area contributed by atoms with Crippen molar-refractivity contribution in [1.82, 2.24) is 30.3 Å². The lowest BCUT2D eigenvalue weighted by Gasteiger charge is -2.09. The van der Waals surface area contributed by atoms with Crippen molar-refractivity contribution in [2.24, 2.45) is 0 Å². The average molecular weight is 406 g/mol. The molecule has 1 amide bonds. The minimum absolute atomic E-state index is 0.222. The molecule has 9 heteroatoms. The van der Waals surface area contributed by atoms with Gasteiger partial charge in [0.2, 0.25) is 0 Å². The average Bonchev–Trinajstić information content (AvgIpc) is 3.29. The number of rotatable bonds is 6. The number of benzene rings is 2. The minimum atomic E-state index is -0.677. The van der Waals surface area contributed by atoms with Gasteiger partial charge in [-0.25, -0.2) is 18.7 Å². The molecule has 0 atom stereocenters. The largest absolute Gasteiger partial charge is 0.352 e. The molecule has 0 saturated heterocycles. The van der Waals surface area contributed by atoms with E-state index in [0.717, 1.165) is 6.07 Å². The first-order chi connectivity index (χ1) is 14.6. The van der Waals surface area contributed by atoms with Crippen LogP contribution in [0, 0.1) is 11.6 Å². The Labute approximate surface area is 170 Å². The number of nitrogens with zero attached hydrogens (tertiary/aromatic N) is 5. The molecule has 0 aliphatic rings. The van der Waals surface area contributed by atoms with E-state index in [2.05, 4.69) is 25.5 Å². The summed E-state index contributed by atoms with van der Waals surface area (Å²) in [5.41, 5.74) is 1.68. The van der Waals surface area contributed by atoms with Gasteiger partial charge in [-0.2, -0.15) is 15.0 Å². The lowest BCUT2D eigenvalue weighted by atomic mass is 10.1. The molecule has 4 rings (SSSR count). The van der Waals surface area contributed by atoms with Crippen molar-refractivity contribution in [2.45, 2.75) is 6.42 Å². The minimum Gasteiger partial charge on any atom is -0.352 e. The van der Waals surface area contributed by atoms with Crippen LogP contribution in [-0.4, -0.2) is 37.4 Å². The fraction of sp³-hybridized carbons (Fsp3) is 0.0952. The van der Waals surface area contributed by atoms with Gasteiger partial charge >= 0.3 is 0 Å². The highest BCUT2D eigenvalue weighted by Crippen LogP contribution is 2.22. The third-order valence-electron chi connectivity index (χ3n) is 4.36. The van der Waals surface area contributed by atoms with Crippen LogP contribution in [0.25, 0.3) is 16.8 Å². The van der Waals surface area contributed by atoms with E-state index in [1.54, 1.807) is 24.3 Å². The van der Waals surface area contributed by atoms with Gasteiger partial charge in [0.25, 0.3) is 5.91 Å². The van der Waals surface area contributed by atoms with Crippen LogP contribution in [0.4, 0.5) is 8.78 Å². The third kappa shape index (κ3) is 4.19. The number of carbonyl (C=O) groups is 1. The van der Waals surface area contributed by atoms with Gasteiger partial charge in [0, 0.05) is 42.6 Å². The molecule has 2 heterocycles. The van der Waals surface area contributed by atoms with Crippen molar-refractivity contribution >= 4 is 5.91 Å². The Morgan fingerprint density at radius 3 is 2.47 bits per heavy atom. The number of hydrogen-bond donors (Lipinski definition) is 1. The van der Waals surface area contributed by atoms with E-state index < -0.39 is 11.6 Å². The molecule has 0 bridgehead atoms. The van der Waals surface area contributed by atoms with Crippen LogP contribution in [0.1, 0.15) is 16.2 Å². The Balaban J connectivity index is 1.39. The molecule has 0 fully saturated rings. The van der Waals surface area contributed by atoms with Gasteiger partial charge in [0.05, 0.1) is 23.6 Å². The molecule has 0 aliphatic heterocycles. The summed E-state index contributed by atoms with van der Waals surface area (Å²) in [7, 11) is 0.